The number of likely N-dealkylation sites (N-methyl/N-ethyl adjacent to an activating group) is 1. The van der Waals surface area contributed by atoms with Gasteiger partial charge in [0, 0.05) is 11.6 Å². The van der Waals surface area contributed by atoms with Gasteiger partial charge < -0.3 is 0 Å². The molecule has 1 aliphatic rings. The van der Waals surface area contributed by atoms with E-state index < -0.39 is 0 Å². The van der Waals surface area contributed by atoms with Crippen LogP contribution in [0.3, 0.4) is 0 Å². The first-order valence-electron chi connectivity index (χ1n) is 7.03. The summed E-state index contributed by atoms with van der Waals surface area (Å²) in [7, 11) is 2.06. The number of hydrogen-bond acceptors (Lipinski definition) is 2. The van der Waals surface area contributed by atoms with E-state index in [9.17, 15) is 4.79 Å². The third-order valence-corrected chi connectivity index (χ3v) is 3.91. The summed E-state index contributed by atoms with van der Waals surface area (Å²) in [5, 5.41) is 0. The van der Waals surface area contributed by atoms with Crippen molar-refractivity contribution in [2.24, 2.45) is 0 Å². The maximum Gasteiger partial charge on any atom is 0.176 e. The molecule has 2 rings (SSSR count). The highest BCUT2D eigenvalue weighted by atomic mass is 16.1. The molecule has 2 heteroatoms. The molecule has 1 fully saturated rings. The smallest absolute Gasteiger partial charge is 0.176 e. The Hall–Kier alpha value is -1.15. The minimum Gasteiger partial charge on any atom is -0.296 e. The maximum absolute atomic E-state index is 12.1. The van der Waals surface area contributed by atoms with Crippen LogP contribution in [0.15, 0.2) is 24.3 Å². The van der Waals surface area contributed by atoms with Gasteiger partial charge in [-0.2, -0.15) is 0 Å². The number of hydrogen-bond donors (Lipinski definition) is 0. The fourth-order valence-corrected chi connectivity index (χ4v) is 2.42. The Kier molecular flexibility index (Phi) is 4.54. The van der Waals surface area contributed by atoms with Crippen molar-refractivity contribution in [3.8, 4) is 0 Å². The molecule has 1 aromatic rings. The van der Waals surface area contributed by atoms with Crippen molar-refractivity contribution in [1.82, 2.24) is 4.90 Å². The van der Waals surface area contributed by atoms with Crippen LogP contribution in [0.1, 0.15) is 48.5 Å². The molecule has 2 nitrogen and oxygen atoms in total. The first-order chi connectivity index (χ1) is 8.70. The summed E-state index contributed by atoms with van der Waals surface area (Å²) in [6.07, 6.45) is 6.06. The standard InChI is InChI=1S/C16H23NO/c1-3-5-13-8-10-14(11-9-13)16(18)12-17(2)15-6-4-7-15/h8-11,15H,3-7,12H2,1-2H3. The SMILES string of the molecule is CCCc1ccc(C(=O)CN(C)C2CCC2)cc1. The highest BCUT2D eigenvalue weighted by Crippen LogP contribution is 2.23. The maximum atomic E-state index is 12.1. The fraction of sp³-hybridized carbons (Fsp3) is 0.562. The Morgan fingerprint density at radius 2 is 1.94 bits per heavy atom. The van der Waals surface area contributed by atoms with Crippen LogP contribution in [0.4, 0.5) is 0 Å². The summed E-state index contributed by atoms with van der Waals surface area (Å²) in [4.78, 5) is 14.3. The Balaban J connectivity index is 1.91. The number of benzene rings is 1. The van der Waals surface area contributed by atoms with E-state index in [4.69, 9.17) is 0 Å². The van der Waals surface area contributed by atoms with Gasteiger partial charge in [-0.25, -0.2) is 0 Å². The molecular weight excluding hydrogens is 222 g/mol. The van der Waals surface area contributed by atoms with Gasteiger partial charge in [0.25, 0.3) is 0 Å². The van der Waals surface area contributed by atoms with Gasteiger partial charge >= 0.3 is 0 Å². The van der Waals surface area contributed by atoms with Crippen molar-refractivity contribution in [1.29, 1.82) is 0 Å². The lowest BCUT2D eigenvalue weighted by Crippen LogP contribution is -2.40. The molecule has 0 bridgehead atoms. The molecule has 0 amide bonds. The number of ketones is 1. The van der Waals surface area contributed by atoms with Gasteiger partial charge in [-0.15, -0.1) is 0 Å². The van der Waals surface area contributed by atoms with Crippen molar-refractivity contribution in [2.75, 3.05) is 13.6 Å². The van der Waals surface area contributed by atoms with E-state index in [-0.39, 0.29) is 5.78 Å². The van der Waals surface area contributed by atoms with Gasteiger partial charge in [0.15, 0.2) is 5.78 Å². The van der Waals surface area contributed by atoms with Crippen LogP contribution in [0, 0.1) is 0 Å². The second-order valence-corrected chi connectivity index (χ2v) is 5.37. The molecule has 0 spiro atoms. The monoisotopic (exact) mass is 245 g/mol. The molecule has 0 atom stereocenters. The zero-order valence-corrected chi connectivity index (χ0v) is 11.5. The average Bonchev–Trinajstić information content (AvgIpc) is 2.27. The van der Waals surface area contributed by atoms with Crippen LogP contribution < -0.4 is 0 Å². The van der Waals surface area contributed by atoms with Crippen LogP contribution >= 0.6 is 0 Å². The molecule has 0 aliphatic heterocycles. The largest absolute Gasteiger partial charge is 0.296 e. The van der Waals surface area contributed by atoms with E-state index in [2.05, 4.69) is 31.0 Å². The average molecular weight is 245 g/mol. The van der Waals surface area contributed by atoms with Gasteiger partial charge in [-0.3, -0.25) is 9.69 Å². The molecule has 18 heavy (non-hydrogen) atoms. The Labute approximate surface area is 110 Å². The summed E-state index contributed by atoms with van der Waals surface area (Å²) in [6.45, 7) is 2.73. The normalized spacial score (nSPS) is 15.7. The van der Waals surface area contributed by atoms with Crippen LogP contribution in [-0.2, 0) is 6.42 Å². The summed E-state index contributed by atoms with van der Waals surface area (Å²) < 4.78 is 0. The third kappa shape index (κ3) is 3.20. The van der Waals surface area contributed by atoms with Crippen molar-refractivity contribution in [3.63, 3.8) is 0 Å². The Morgan fingerprint density at radius 3 is 2.44 bits per heavy atom. The van der Waals surface area contributed by atoms with Crippen LogP contribution in [0.25, 0.3) is 0 Å². The van der Waals surface area contributed by atoms with E-state index in [1.54, 1.807) is 0 Å². The lowest BCUT2D eigenvalue weighted by molar-refractivity contribution is 0.0870. The van der Waals surface area contributed by atoms with Crippen LogP contribution in [-0.4, -0.2) is 30.3 Å². The van der Waals surface area contributed by atoms with E-state index in [0.29, 0.717) is 12.6 Å². The van der Waals surface area contributed by atoms with Crippen molar-refractivity contribution >= 4 is 5.78 Å². The summed E-state index contributed by atoms with van der Waals surface area (Å²) >= 11 is 0. The molecule has 0 heterocycles. The van der Waals surface area contributed by atoms with Gasteiger partial charge in [0.05, 0.1) is 6.54 Å². The highest BCUT2D eigenvalue weighted by Gasteiger charge is 2.23. The van der Waals surface area contributed by atoms with Gasteiger partial charge in [0.1, 0.15) is 0 Å². The van der Waals surface area contributed by atoms with Gasteiger partial charge in [0.2, 0.25) is 0 Å². The second kappa shape index (κ2) is 6.14. The summed E-state index contributed by atoms with van der Waals surface area (Å²) in [5.74, 6) is 0.243. The zero-order chi connectivity index (χ0) is 13.0. The number of carbonyl (C=O) groups is 1. The van der Waals surface area contributed by atoms with E-state index >= 15 is 0 Å². The van der Waals surface area contributed by atoms with E-state index in [1.807, 2.05) is 12.1 Å². The predicted octanol–water partition coefficient (Wildman–Crippen LogP) is 3.31. The lowest BCUT2D eigenvalue weighted by atomic mass is 9.91. The number of aryl methyl sites for hydroxylation is 1. The molecule has 0 unspecified atom stereocenters. The van der Waals surface area contributed by atoms with Crippen LogP contribution in [0.5, 0.6) is 0 Å². The van der Waals surface area contributed by atoms with Crippen molar-refractivity contribution in [2.45, 2.75) is 45.1 Å². The van der Waals surface area contributed by atoms with E-state index in [1.165, 1.54) is 24.8 Å². The molecule has 98 valence electrons. The fourth-order valence-electron chi connectivity index (χ4n) is 2.42. The minimum atomic E-state index is 0.243. The summed E-state index contributed by atoms with van der Waals surface area (Å²) in [5.41, 5.74) is 2.17. The molecule has 0 N–H and O–H groups in total. The molecule has 1 saturated carbocycles. The molecule has 1 aromatic carbocycles. The van der Waals surface area contributed by atoms with Crippen LogP contribution in [0.2, 0.25) is 0 Å². The molecule has 1 aliphatic carbocycles. The van der Waals surface area contributed by atoms with Crippen molar-refractivity contribution in [3.05, 3.63) is 35.4 Å². The Bertz CT molecular complexity index is 392. The highest BCUT2D eigenvalue weighted by molar-refractivity contribution is 5.97. The number of rotatable bonds is 6. The lowest BCUT2D eigenvalue weighted by Gasteiger charge is -2.34. The topological polar surface area (TPSA) is 20.3 Å². The van der Waals surface area contributed by atoms with E-state index in [0.717, 1.165) is 18.4 Å². The third-order valence-electron chi connectivity index (χ3n) is 3.91. The molecule has 0 aromatic heterocycles. The minimum absolute atomic E-state index is 0.243. The predicted molar refractivity (Wildman–Crippen MR) is 75.0 cm³/mol. The quantitative estimate of drug-likeness (QED) is 0.717. The molecule has 0 radical (unpaired) electrons. The first kappa shape index (κ1) is 13.3. The summed E-state index contributed by atoms with van der Waals surface area (Å²) in [6, 6.07) is 8.75. The second-order valence-electron chi connectivity index (χ2n) is 5.37. The zero-order valence-electron chi connectivity index (χ0n) is 11.5. The van der Waals surface area contributed by atoms with Gasteiger partial charge in [-0.05, 0) is 31.9 Å². The van der Waals surface area contributed by atoms with Gasteiger partial charge in [-0.1, -0.05) is 44.0 Å². The first-order valence-corrected chi connectivity index (χ1v) is 7.03. The van der Waals surface area contributed by atoms with Crippen molar-refractivity contribution < 1.29 is 4.79 Å². The Morgan fingerprint density at radius 1 is 1.28 bits per heavy atom. The number of nitrogens with zero attached hydrogens (tertiary/aromatic N) is 1. The molecule has 0 saturated heterocycles. The number of carbonyl (C=O) groups excluding carboxylic acids is 1. The molecular formula is C16H23NO. The number of Topliss-reactive ketones (excluding diaryl/α,β-unsaturated/α-hetero) is 1.